The van der Waals surface area contributed by atoms with Crippen molar-refractivity contribution in [3.63, 3.8) is 0 Å². The molecule has 12 aromatic rings. The molecular weight excluding hydrogens is 847 g/mol. The van der Waals surface area contributed by atoms with Gasteiger partial charge in [0.05, 0.1) is 11.1 Å². The van der Waals surface area contributed by atoms with Gasteiger partial charge in [-0.3, -0.25) is 0 Å². The highest BCUT2D eigenvalue weighted by atomic mass is 16.3. The summed E-state index contributed by atoms with van der Waals surface area (Å²) in [4.78, 5) is 2.53. The maximum absolute atomic E-state index is 6.58. The summed E-state index contributed by atoms with van der Waals surface area (Å²) in [5.41, 5.74) is 21.7. The molecule has 1 unspecified atom stereocenters. The molecule has 0 amide bonds. The van der Waals surface area contributed by atoms with Crippen LogP contribution in [0.5, 0.6) is 0 Å². The molecule has 11 aromatic carbocycles. The van der Waals surface area contributed by atoms with Crippen molar-refractivity contribution in [1.29, 1.82) is 0 Å². The summed E-state index contributed by atoms with van der Waals surface area (Å²) in [6, 6.07) is 92.0. The van der Waals surface area contributed by atoms with E-state index in [1.54, 1.807) is 0 Å². The molecule has 70 heavy (non-hydrogen) atoms. The molecule has 0 radical (unpaired) electrons. The Labute approximate surface area is 408 Å². The van der Waals surface area contributed by atoms with Crippen molar-refractivity contribution >= 4 is 49.8 Å². The van der Waals surface area contributed by atoms with Crippen LogP contribution in [0.15, 0.2) is 253 Å². The SMILES string of the molecule is CC1(C)c2ccccc2-c2ccc(N(c3ccc(-c4cccc5ccccc45)cc3)c3cccc4c3C(c3ccccc3)(c3ccc(-c5cccc6c5oc5ccccc56)cc3)c3ccccc3-4)cc21. The fourth-order valence-electron chi connectivity index (χ4n) is 12.4. The number of hydrogen-bond donors (Lipinski definition) is 0. The summed E-state index contributed by atoms with van der Waals surface area (Å²) in [7, 11) is 0. The molecule has 1 aromatic heterocycles. The highest BCUT2D eigenvalue weighted by Gasteiger charge is 2.48. The molecule has 0 spiro atoms. The Balaban J connectivity index is 1.01. The Kier molecular flexibility index (Phi) is 8.88. The van der Waals surface area contributed by atoms with E-state index in [-0.39, 0.29) is 5.41 Å². The Morgan fingerprint density at radius 1 is 0.357 bits per heavy atom. The molecule has 2 nitrogen and oxygen atoms in total. The number of benzene rings is 11. The smallest absolute Gasteiger partial charge is 0.143 e. The zero-order chi connectivity index (χ0) is 46.6. The van der Waals surface area contributed by atoms with Gasteiger partial charge in [-0.2, -0.15) is 0 Å². The number of para-hydroxylation sites is 2. The largest absolute Gasteiger partial charge is 0.455 e. The molecule has 0 fully saturated rings. The maximum atomic E-state index is 6.58. The Bertz CT molecular complexity index is 4020. The quantitative estimate of drug-likeness (QED) is 0.158. The van der Waals surface area contributed by atoms with E-state index in [1.165, 1.54) is 77.5 Å². The van der Waals surface area contributed by atoms with Crippen LogP contribution in [0.25, 0.3) is 77.2 Å². The Morgan fingerprint density at radius 3 is 1.73 bits per heavy atom. The lowest BCUT2D eigenvalue weighted by Gasteiger charge is -2.38. The second-order valence-corrected chi connectivity index (χ2v) is 19.5. The first-order valence-corrected chi connectivity index (χ1v) is 24.4. The standard InChI is InChI=1S/C68H47NO/c1-67(2)60-29-11-8-22-54(60)56-42-41-50(43-62(56)67)69(49-39-35-45(36-40-49)52-25-14-18-44-17-6-7-21-51(44)52)63-31-16-27-58-55-23-9-12-30-61(55)68(65(58)63,47-19-4-3-5-20-47)48-37-33-46(34-38-48)53-26-15-28-59-57-24-10-13-32-64(57)70-66(53)59/h3-43H,1-2H3. The van der Waals surface area contributed by atoms with Gasteiger partial charge in [0.15, 0.2) is 0 Å². The third kappa shape index (κ3) is 5.80. The van der Waals surface area contributed by atoms with Crippen molar-refractivity contribution in [2.45, 2.75) is 24.7 Å². The highest BCUT2D eigenvalue weighted by molar-refractivity contribution is 6.09. The first-order chi connectivity index (χ1) is 34.5. The normalized spacial score (nSPS) is 15.2. The minimum absolute atomic E-state index is 0.178. The lowest BCUT2D eigenvalue weighted by molar-refractivity contribution is 0.660. The molecule has 0 aliphatic heterocycles. The summed E-state index contributed by atoms with van der Waals surface area (Å²) in [5.74, 6) is 0. The van der Waals surface area contributed by atoms with Gasteiger partial charge in [0, 0.05) is 38.7 Å². The van der Waals surface area contributed by atoms with Gasteiger partial charge in [0.2, 0.25) is 0 Å². The number of nitrogens with zero attached hydrogens (tertiary/aromatic N) is 1. The molecular formula is C68H47NO. The Morgan fingerprint density at radius 2 is 0.900 bits per heavy atom. The monoisotopic (exact) mass is 893 g/mol. The van der Waals surface area contributed by atoms with Gasteiger partial charge in [-0.1, -0.05) is 226 Å². The van der Waals surface area contributed by atoms with Crippen molar-refractivity contribution in [3.8, 4) is 44.5 Å². The molecule has 0 saturated heterocycles. The first-order valence-electron chi connectivity index (χ1n) is 24.4. The summed E-state index contributed by atoms with van der Waals surface area (Å²) in [5, 5.41) is 4.76. The summed E-state index contributed by atoms with van der Waals surface area (Å²) >= 11 is 0. The Hall–Kier alpha value is -8.72. The number of rotatable bonds is 7. The van der Waals surface area contributed by atoms with E-state index < -0.39 is 5.41 Å². The van der Waals surface area contributed by atoms with Crippen molar-refractivity contribution in [3.05, 3.63) is 282 Å². The minimum Gasteiger partial charge on any atom is -0.455 e. The van der Waals surface area contributed by atoms with Gasteiger partial charge >= 0.3 is 0 Å². The summed E-state index contributed by atoms with van der Waals surface area (Å²) < 4.78 is 6.58. The van der Waals surface area contributed by atoms with E-state index in [0.29, 0.717) is 0 Å². The number of fused-ring (bicyclic) bond motifs is 10. The predicted octanol–water partition coefficient (Wildman–Crippen LogP) is 18.2. The van der Waals surface area contributed by atoms with Crippen LogP contribution in [-0.4, -0.2) is 0 Å². The van der Waals surface area contributed by atoms with Gasteiger partial charge < -0.3 is 9.32 Å². The van der Waals surface area contributed by atoms with Gasteiger partial charge in [-0.15, -0.1) is 0 Å². The van der Waals surface area contributed by atoms with Crippen molar-refractivity contribution in [1.82, 2.24) is 0 Å². The maximum Gasteiger partial charge on any atom is 0.143 e. The van der Waals surface area contributed by atoms with Crippen molar-refractivity contribution < 1.29 is 4.42 Å². The summed E-state index contributed by atoms with van der Waals surface area (Å²) in [6.45, 7) is 4.75. The highest BCUT2D eigenvalue weighted by Crippen LogP contribution is 2.61. The lowest BCUT2D eigenvalue weighted by atomic mass is 9.67. The average molecular weight is 894 g/mol. The molecule has 0 N–H and O–H groups in total. The third-order valence-electron chi connectivity index (χ3n) is 15.6. The number of hydrogen-bond acceptors (Lipinski definition) is 2. The second-order valence-electron chi connectivity index (χ2n) is 19.5. The van der Waals surface area contributed by atoms with E-state index >= 15 is 0 Å². The fraction of sp³-hybridized carbons (Fsp3) is 0.0588. The molecule has 2 aliphatic rings. The van der Waals surface area contributed by atoms with Crippen LogP contribution in [-0.2, 0) is 10.8 Å². The number of furan rings is 1. The third-order valence-corrected chi connectivity index (χ3v) is 15.6. The minimum atomic E-state index is -0.680. The van der Waals surface area contributed by atoms with E-state index in [4.69, 9.17) is 4.42 Å². The first kappa shape index (κ1) is 40.4. The van der Waals surface area contributed by atoms with Gasteiger partial charge in [0.1, 0.15) is 11.2 Å². The fourth-order valence-corrected chi connectivity index (χ4v) is 12.4. The molecule has 2 aliphatic carbocycles. The van der Waals surface area contributed by atoms with Gasteiger partial charge in [-0.25, -0.2) is 0 Å². The van der Waals surface area contributed by atoms with E-state index in [0.717, 1.165) is 50.1 Å². The molecule has 0 bridgehead atoms. The topological polar surface area (TPSA) is 16.4 Å². The van der Waals surface area contributed by atoms with Gasteiger partial charge in [-0.05, 0) is 114 Å². The molecule has 330 valence electrons. The molecule has 1 heterocycles. The van der Waals surface area contributed by atoms with Crippen molar-refractivity contribution in [2.24, 2.45) is 0 Å². The zero-order valence-corrected chi connectivity index (χ0v) is 39.0. The number of anilines is 3. The van der Waals surface area contributed by atoms with Crippen LogP contribution < -0.4 is 4.90 Å². The molecule has 1 atom stereocenters. The van der Waals surface area contributed by atoms with Crippen LogP contribution >= 0.6 is 0 Å². The van der Waals surface area contributed by atoms with E-state index in [2.05, 4.69) is 261 Å². The van der Waals surface area contributed by atoms with Crippen LogP contribution in [0, 0.1) is 0 Å². The van der Waals surface area contributed by atoms with Crippen LogP contribution in [0.4, 0.5) is 17.1 Å². The lowest BCUT2D eigenvalue weighted by Crippen LogP contribution is -2.30. The van der Waals surface area contributed by atoms with E-state index in [9.17, 15) is 0 Å². The van der Waals surface area contributed by atoms with Crippen LogP contribution in [0.3, 0.4) is 0 Å². The predicted molar refractivity (Wildman–Crippen MR) is 292 cm³/mol. The second kappa shape index (κ2) is 15.4. The average Bonchev–Trinajstić information content (AvgIpc) is 4.03. The van der Waals surface area contributed by atoms with Gasteiger partial charge in [0.25, 0.3) is 0 Å². The molecule has 14 rings (SSSR count). The van der Waals surface area contributed by atoms with Crippen LogP contribution in [0.2, 0.25) is 0 Å². The van der Waals surface area contributed by atoms with Crippen molar-refractivity contribution in [2.75, 3.05) is 4.90 Å². The van der Waals surface area contributed by atoms with Crippen LogP contribution in [0.1, 0.15) is 47.2 Å². The molecule has 0 saturated carbocycles. The molecule has 2 heteroatoms. The summed E-state index contributed by atoms with van der Waals surface area (Å²) in [6.07, 6.45) is 0. The van der Waals surface area contributed by atoms with E-state index in [1.807, 2.05) is 6.07 Å². The zero-order valence-electron chi connectivity index (χ0n) is 39.0.